The van der Waals surface area contributed by atoms with Crippen LogP contribution in [0.25, 0.3) is 0 Å². The first kappa shape index (κ1) is 25.1. The van der Waals surface area contributed by atoms with Crippen molar-refractivity contribution >= 4 is 29.0 Å². The zero-order valence-electron chi connectivity index (χ0n) is 19.7. The second kappa shape index (κ2) is 10.8. The number of ketones is 1. The van der Waals surface area contributed by atoms with E-state index in [2.05, 4.69) is 0 Å². The fraction of sp³-hybridized carbons (Fsp3) is 0.321. The Balaban J connectivity index is 1.38. The van der Waals surface area contributed by atoms with E-state index in [0.717, 1.165) is 12.0 Å². The molecule has 0 radical (unpaired) electrons. The molecule has 0 amide bonds. The summed E-state index contributed by atoms with van der Waals surface area (Å²) in [6.45, 7) is 2.67. The first-order chi connectivity index (χ1) is 17.4. The van der Waals surface area contributed by atoms with Crippen molar-refractivity contribution in [1.29, 1.82) is 0 Å². The van der Waals surface area contributed by atoms with Crippen LogP contribution in [0.5, 0.6) is 11.5 Å². The topological polar surface area (TPSA) is 74.2 Å². The first-order valence-electron chi connectivity index (χ1n) is 11.9. The molecule has 0 aromatic heterocycles. The van der Waals surface area contributed by atoms with Crippen LogP contribution in [0.2, 0.25) is 10.0 Å². The number of Topliss-reactive ketones (excluding diaryl/α,β-unsaturated/α-hetero) is 1. The quantitative estimate of drug-likeness (QED) is 0.235. The van der Waals surface area contributed by atoms with Gasteiger partial charge in [-0.3, -0.25) is 9.53 Å². The molecule has 0 saturated carbocycles. The molecule has 2 bridgehead atoms. The molecule has 8 heteroatoms. The van der Waals surface area contributed by atoms with E-state index in [1.54, 1.807) is 24.3 Å². The Morgan fingerprint density at radius 1 is 1.00 bits per heavy atom. The summed E-state index contributed by atoms with van der Waals surface area (Å²) in [6, 6.07) is 16.4. The van der Waals surface area contributed by atoms with Crippen LogP contribution in [0, 0.1) is 0 Å². The molecule has 2 heterocycles. The number of benzene rings is 3. The van der Waals surface area contributed by atoms with Crippen LogP contribution in [0.3, 0.4) is 0 Å². The number of carbonyl (C=O) groups is 1. The minimum Gasteiger partial charge on any atom is -0.459 e. The van der Waals surface area contributed by atoms with Crippen LogP contribution in [-0.2, 0) is 16.1 Å². The number of hydrogen-bond acceptors (Lipinski definition) is 6. The van der Waals surface area contributed by atoms with Crippen LogP contribution in [0.4, 0.5) is 0 Å². The van der Waals surface area contributed by atoms with Gasteiger partial charge in [0.05, 0.1) is 36.0 Å². The van der Waals surface area contributed by atoms with Gasteiger partial charge in [0.1, 0.15) is 11.5 Å². The molecular formula is C28H26Cl2O6. The van der Waals surface area contributed by atoms with Crippen LogP contribution >= 0.6 is 23.2 Å². The Morgan fingerprint density at radius 3 is 2.39 bits per heavy atom. The maximum absolute atomic E-state index is 13.2. The van der Waals surface area contributed by atoms with Crippen molar-refractivity contribution in [3.8, 4) is 11.5 Å². The van der Waals surface area contributed by atoms with Crippen molar-refractivity contribution in [2.24, 2.45) is 0 Å². The van der Waals surface area contributed by atoms with E-state index in [4.69, 9.17) is 42.1 Å². The van der Waals surface area contributed by atoms with Gasteiger partial charge in [-0.15, -0.1) is 0 Å². The Kier molecular flexibility index (Phi) is 7.51. The van der Waals surface area contributed by atoms with Crippen molar-refractivity contribution in [2.45, 2.75) is 51.5 Å². The average molecular weight is 529 g/mol. The van der Waals surface area contributed by atoms with Crippen molar-refractivity contribution in [3.63, 3.8) is 0 Å². The predicted molar refractivity (Wildman–Crippen MR) is 136 cm³/mol. The molecule has 5 rings (SSSR count). The zero-order valence-corrected chi connectivity index (χ0v) is 21.2. The number of aliphatic hydroxyl groups is 1. The smallest absolute Gasteiger partial charge is 0.234 e. The second-order valence-electron chi connectivity index (χ2n) is 8.84. The number of halogens is 2. The molecule has 3 unspecified atom stereocenters. The normalized spacial score (nSPS) is 18.4. The summed E-state index contributed by atoms with van der Waals surface area (Å²) < 4.78 is 24.1. The Morgan fingerprint density at radius 2 is 1.67 bits per heavy atom. The molecule has 0 spiro atoms. The van der Waals surface area contributed by atoms with E-state index in [0.29, 0.717) is 56.8 Å². The first-order valence-corrected chi connectivity index (χ1v) is 12.7. The molecule has 3 aromatic carbocycles. The molecule has 36 heavy (non-hydrogen) atoms. The highest BCUT2D eigenvalue weighted by Gasteiger charge is 2.41. The molecule has 1 N–H and O–H groups in total. The monoisotopic (exact) mass is 528 g/mol. The van der Waals surface area contributed by atoms with Gasteiger partial charge in [0.25, 0.3) is 0 Å². The fourth-order valence-electron chi connectivity index (χ4n) is 4.47. The van der Waals surface area contributed by atoms with Gasteiger partial charge in [0, 0.05) is 22.0 Å². The summed E-state index contributed by atoms with van der Waals surface area (Å²) in [7, 11) is 0. The van der Waals surface area contributed by atoms with Gasteiger partial charge in [-0.2, -0.15) is 0 Å². The zero-order chi connectivity index (χ0) is 25.2. The highest BCUT2D eigenvalue weighted by molar-refractivity contribution is 6.31. The molecule has 3 atom stereocenters. The summed E-state index contributed by atoms with van der Waals surface area (Å²) in [5, 5.41) is 11.5. The summed E-state index contributed by atoms with van der Waals surface area (Å²) >= 11 is 12.7. The van der Waals surface area contributed by atoms with E-state index < -0.39 is 18.7 Å². The number of hydrogen-bond donors (Lipinski definition) is 1. The predicted octanol–water partition coefficient (Wildman–Crippen LogP) is 7.12. The van der Waals surface area contributed by atoms with E-state index >= 15 is 0 Å². The third kappa shape index (κ3) is 5.10. The molecular weight excluding hydrogens is 503 g/mol. The molecule has 3 aromatic rings. The standard InChI is InChI=1S/C28H26Cl2O6/c1-2-6-23(31)19-11-17(29)13-21-25(19)34-28-22-14-18(30)12-20(26(22)35-27(21)36-28)24(32)9-10-33-15-16-7-4-3-5-8-16/h3-5,7-8,11-14,23,27-28,31H,2,6,9-10,15H2,1H3. The lowest BCUT2D eigenvalue weighted by Crippen LogP contribution is -2.32. The molecule has 188 valence electrons. The lowest BCUT2D eigenvalue weighted by Gasteiger charge is -2.39. The number of aliphatic hydroxyl groups excluding tert-OH is 1. The molecule has 0 aliphatic carbocycles. The Labute approximate surface area is 219 Å². The van der Waals surface area contributed by atoms with Crippen LogP contribution in [0.1, 0.15) is 77.5 Å². The SMILES string of the molecule is CCCC(O)c1cc(Cl)cc2c1OC1OC2Oc2c(C(=O)CCOCc3ccccc3)cc(Cl)cc21. The number of carbonyl (C=O) groups excluding carboxylic acids is 1. The Bertz CT molecular complexity index is 1260. The highest BCUT2D eigenvalue weighted by Crippen LogP contribution is 2.52. The third-order valence-electron chi connectivity index (χ3n) is 6.20. The van der Waals surface area contributed by atoms with Gasteiger partial charge < -0.3 is 19.3 Å². The second-order valence-corrected chi connectivity index (χ2v) is 9.71. The van der Waals surface area contributed by atoms with E-state index in [1.165, 1.54) is 0 Å². The van der Waals surface area contributed by atoms with Crippen molar-refractivity contribution < 1.29 is 28.8 Å². The average Bonchev–Trinajstić information content (AvgIpc) is 2.87. The van der Waals surface area contributed by atoms with Crippen molar-refractivity contribution in [1.82, 2.24) is 0 Å². The molecule has 2 aliphatic rings. The van der Waals surface area contributed by atoms with Gasteiger partial charge in [-0.25, -0.2) is 0 Å². The van der Waals surface area contributed by atoms with Crippen LogP contribution in [-0.4, -0.2) is 17.5 Å². The van der Waals surface area contributed by atoms with Crippen LogP contribution in [0.15, 0.2) is 54.6 Å². The minimum atomic E-state index is -0.848. The van der Waals surface area contributed by atoms with Crippen LogP contribution < -0.4 is 9.47 Å². The van der Waals surface area contributed by atoms with E-state index in [9.17, 15) is 9.90 Å². The summed E-state index contributed by atoms with van der Waals surface area (Å²) in [5.74, 6) is 0.691. The number of ether oxygens (including phenoxy) is 4. The number of rotatable bonds is 9. The number of fused-ring (bicyclic) bond motifs is 6. The van der Waals surface area contributed by atoms with Gasteiger partial charge >= 0.3 is 0 Å². The van der Waals surface area contributed by atoms with Gasteiger partial charge in [-0.1, -0.05) is 66.9 Å². The van der Waals surface area contributed by atoms with Crippen molar-refractivity contribution in [2.75, 3.05) is 6.61 Å². The van der Waals surface area contributed by atoms with E-state index in [1.807, 2.05) is 37.3 Å². The molecule has 2 aliphatic heterocycles. The van der Waals surface area contributed by atoms with Gasteiger partial charge in [-0.05, 0) is 36.2 Å². The highest BCUT2D eigenvalue weighted by atomic mass is 35.5. The molecule has 0 fully saturated rings. The lowest BCUT2D eigenvalue weighted by atomic mass is 9.97. The van der Waals surface area contributed by atoms with Gasteiger partial charge in [0.2, 0.25) is 12.6 Å². The maximum Gasteiger partial charge on any atom is 0.234 e. The minimum absolute atomic E-state index is 0.160. The molecule has 0 saturated heterocycles. The summed E-state index contributed by atoms with van der Waals surface area (Å²) in [6.07, 6.45) is -0.926. The maximum atomic E-state index is 13.2. The fourth-order valence-corrected chi connectivity index (χ4v) is 4.93. The van der Waals surface area contributed by atoms with E-state index in [-0.39, 0.29) is 18.8 Å². The summed E-state index contributed by atoms with van der Waals surface area (Å²) in [5.41, 5.74) is 3.05. The lowest BCUT2D eigenvalue weighted by molar-refractivity contribution is -0.228. The van der Waals surface area contributed by atoms with Crippen molar-refractivity contribution in [3.05, 3.63) is 92.5 Å². The molecule has 6 nitrogen and oxygen atoms in total. The third-order valence-corrected chi connectivity index (χ3v) is 6.64. The summed E-state index contributed by atoms with van der Waals surface area (Å²) in [4.78, 5) is 13.2. The Hall–Kier alpha value is -2.61. The van der Waals surface area contributed by atoms with Gasteiger partial charge in [0.15, 0.2) is 5.78 Å². The largest absolute Gasteiger partial charge is 0.459 e.